The van der Waals surface area contributed by atoms with E-state index in [0.717, 1.165) is 87.7 Å². The van der Waals surface area contributed by atoms with Crippen LogP contribution in [0.5, 0.6) is 28.7 Å². The molecule has 0 saturated carbocycles. The van der Waals surface area contributed by atoms with E-state index in [1.54, 1.807) is 25.6 Å². The Morgan fingerprint density at radius 1 is 0.846 bits per heavy atom. The van der Waals surface area contributed by atoms with Gasteiger partial charge in [-0.1, -0.05) is 0 Å². The summed E-state index contributed by atoms with van der Waals surface area (Å²) < 4.78 is 24.4. The molecule has 3 aromatic carbocycles. The van der Waals surface area contributed by atoms with Gasteiger partial charge < -0.3 is 24.1 Å². The van der Waals surface area contributed by atoms with Crippen LogP contribution in [-0.2, 0) is 0 Å². The van der Waals surface area contributed by atoms with Gasteiger partial charge in [0.2, 0.25) is 0 Å². The Morgan fingerprint density at radius 3 is 2.21 bits per heavy atom. The first-order valence-electron chi connectivity index (χ1n) is 13.7. The molecule has 0 radical (unpaired) electrons. The number of thiophene rings is 1. The van der Waals surface area contributed by atoms with Crippen molar-refractivity contribution in [2.45, 2.75) is 25.7 Å². The third-order valence-corrected chi connectivity index (χ3v) is 8.58. The first-order chi connectivity index (χ1) is 19.2. The number of piperidine rings is 1. The lowest BCUT2D eigenvalue weighted by atomic mass is 9.92. The Labute approximate surface area is 234 Å². The SMILES string of the molecule is COc1ccc(-c2sc3cc(OC)ccc3c2Oc2ccc(OCCN3CCC(CCCO)CC3)cc2)cc1. The number of aliphatic hydroxyl groups excluding tert-OH is 1. The van der Waals surface area contributed by atoms with Crippen molar-refractivity contribution >= 4 is 21.4 Å². The van der Waals surface area contributed by atoms with Crippen molar-refractivity contribution < 1.29 is 24.1 Å². The number of hydrogen-bond donors (Lipinski definition) is 1. The summed E-state index contributed by atoms with van der Waals surface area (Å²) in [6.07, 6.45) is 4.50. The molecule has 0 unspecified atom stereocenters. The molecule has 1 aromatic heterocycles. The molecular formula is C32H37NO5S. The Kier molecular flexibility index (Phi) is 9.24. The number of likely N-dealkylation sites (tertiary alicyclic amines) is 1. The lowest BCUT2D eigenvalue weighted by Crippen LogP contribution is -2.36. The molecule has 0 bridgehead atoms. The van der Waals surface area contributed by atoms with Crippen LogP contribution < -0.4 is 18.9 Å². The van der Waals surface area contributed by atoms with Gasteiger partial charge in [0.15, 0.2) is 5.75 Å². The molecule has 1 aliphatic rings. The van der Waals surface area contributed by atoms with Crippen LogP contribution in [0, 0.1) is 5.92 Å². The number of methoxy groups -OCH3 is 2. The molecule has 1 fully saturated rings. The highest BCUT2D eigenvalue weighted by Crippen LogP contribution is 2.47. The Hall–Kier alpha value is -3.26. The fourth-order valence-corrected chi connectivity index (χ4v) is 6.27. The Balaban J connectivity index is 1.24. The molecule has 1 N–H and O–H groups in total. The van der Waals surface area contributed by atoms with Crippen molar-refractivity contribution in [1.29, 1.82) is 0 Å². The molecule has 1 saturated heterocycles. The van der Waals surface area contributed by atoms with Gasteiger partial charge in [-0.15, -0.1) is 11.3 Å². The summed E-state index contributed by atoms with van der Waals surface area (Å²) in [6.45, 7) is 4.13. The van der Waals surface area contributed by atoms with Gasteiger partial charge in [-0.3, -0.25) is 4.90 Å². The zero-order valence-corrected chi connectivity index (χ0v) is 23.5. The topological polar surface area (TPSA) is 60.4 Å². The molecule has 206 valence electrons. The number of nitrogens with zero attached hydrogens (tertiary/aromatic N) is 1. The van der Waals surface area contributed by atoms with Gasteiger partial charge in [-0.2, -0.15) is 0 Å². The maximum atomic E-state index is 9.05. The second-order valence-corrected chi connectivity index (χ2v) is 11.0. The van der Waals surface area contributed by atoms with Crippen molar-refractivity contribution in [3.05, 3.63) is 66.7 Å². The van der Waals surface area contributed by atoms with E-state index in [9.17, 15) is 0 Å². The van der Waals surface area contributed by atoms with Crippen LogP contribution in [0.2, 0.25) is 0 Å². The second kappa shape index (κ2) is 13.2. The van der Waals surface area contributed by atoms with Crippen LogP contribution in [0.1, 0.15) is 25.7 Å². The van der Waals surface area contributed by atoms with E-state index in [-0.39, 0.29) is 0 Å². The molecule has 0 spiro atoms. The highest BCUT2D eigenvalue weighted by atomic mass is 32.1. The van der Waals surface area contributed by atoms with Crippen LogP contribution in [0.15, 0.2) is 66.7 Å². The summed E-state index contributed by atoms with van der Waals surface area (Å²) in [5.41, 5.74) is 1.07. The quantitative estimate of drug-likeness (QED) is 0.202. The third-order valence-electron chi connectivity index (χ3n) is 7.40. The molecule has 2 heterocycles. The smallest absolute Gasteiger partial charge is 0.153 e. The van der Waals surface area contributed by atoms with Crippen LogP contribution in [0.25, 0.3) is 20.5 Å². The maximum absolute atomic E-state index is 9.05. The predicted octanol–water partition coefficient (Wildman–Crippen LogP) is 7.24. The summed E-state index contributed by atoms with van der Waals surface area (Å²) in [5.74, 6) is 4.84. The number of benzene rings is 3. The molecule has 0 atom stereocenters. The normalized spacial score (nSPS) is 14.4. The van der Waals surface area contributed by atoms with Gasteiger partial charge in [0.25, 0.3) is 0 Å². The van der Waals surface area contributed by atoms with E-state index in [1.807, 2.05) is 42.5 Å². The predicted molar refractivity (Wildman–Crippen MR) is 158 cm³/mol. The van der Waals surface area contributed by atoms with E-state index < -0.39 is 0 Å². The second-order valence-electron chi connectivity index (χ2n) is 9.92. The summed E-state index contributed by atoms with van der Waals surface area (Å²) >= 11 is 1.68. The monoisotopic (exact) mass is 547 g/mol. The van der Waals surface area contributed by atoms with Gasteiger partial charge in [0.1, 0.15) is 29.6 Å². The molecule has 7 heteroatoms. The average molecular weight is 548 g/mol. The number of aliphatic hydroxyl groups is 1. The van der Waals surface area contributed by atoms with E-state index >= 15 is 0 Å². The first kappa shape index (κ1) is 27.3. The highest BCUT2D eigenvalue weighted by Gasteiger charge is 2.19. The molecule has 0 amide bonds. The fourth-order valence-electron chi connectivity index (χ4n) is 5.11. The van der Waals surface area contributed by atoms with Crippen molar-refractivity contribution in [2.24, 2.45) is 5.92 Å². The molecule has 5 rings (SSSR count). The van der Waals surface area contributed by atoms with Gasteiger partial charge >= 0.3 is 0 Å². The summed E-state index contributed by atoms with van der Waals surface area (Å²) in [7, 11) is 3.36. The van der Waals surface area contributed by atoms with Gasteiger partial charge in [-0.05, 0) is 117 Å². The largest absolute Gasteiger partial charge is 0.497 e. The lowest BCUT2D eigenvalue weighted by molar-refractivity contribution is 0.146. The van der Waals surface area contributed by atoms with E-state index in [0.29, 0.717) is 13.2 Å². The van der Waals surface area contributed by atoms with Crippen molar-refractivity contribution in [2.75, 3.05) is 47.1 Å². The number of rotatable bonds is 12. The van der Waals surface area contributed by atoms with E-state index in [4.69, 9.17) is 24.1 Å². The van der Waals surface area contributed by atoms with Gasteiger partial charge in [0.05, 0.1) is 19.1 Å². The van der Waals surface area contributed by atoms with Crippen LogP contribution in [-0.4, -0.2) is 57.1 Å². The maximum Gasteiger partial charge on any atom is 0.153 e. The molecular weight excluding hydrogens is 510 g/mol. The zero-order valence-electron chi connectivity index (χ0n) is 22.7. The minimum Gasteiger partial charge on any atom is -0.497 e. The highest BCUT2D eigenvalue weighted by molar-refractivity contribution is 7.22. The lowest BCUT2D eigenvalue weighted by Gasteiger charge is -2.31. The fraction of sp³-hybridized carbons (Fsp3) is 0.375. The van der Waals surface area contributed by atoms with Crippen molar-refractivity contribution in [1.82, 2.24) is 4.90 Å². The molecule has 39 heavy (non-hydrogen) atoms. The minimum absolute atomic E-state index is 0.306. The standard InChI is InChI=1S/C32H37NO5S/c1-35-25-7-5-24(6-8-25)32-31(29-14-13-28(36-2)22-30(29)39-32)38-27-11-9-26(10-12-27)37-21-19-33-17-15-23(16-18-33)4-3-20-34/h5-14,22-23,34H,3-4,15-21H2,1-2H3. The van der Waals surface area contributed by atoms with E-state index in [1.165, 1.54) is 12.8 Å². The van der Waals surface area contributed by atoms with Gasteiger partial charge in [-0.25, -0.2) is 0 Å². The zero-order chi connectivity index (χ0) is 27.0. The minimum atomic E-state index is 0.306. The number of hydrogen-bond acceptors (Lipinski definition) is 7. The van der Waals surface area contributed by atoms with Crippen molar-refractivity contribution in [3.63, 3.8) is 0 Å². The first-order valence-corrected chi connectivity index (χ1v) is 14.5. The molecule has 4 aromatic rings. The summed E-state index contributed by atoms with van der Waals surface area (Å²) in [6, 6.07) is 22.0. The molecule has 0 aliphatic carbocycles. The Morgan fingerprint density at radius 2 is 1.51 bits per heavy atom. The number of fused-ring (bicyclic) bond motifs is 1. The number of ether oxygens (including phenoxy) is 4. The summed E-state index contributed by atoms with van der Waals surface area (Å²) in [5, 5.41) is 10.1. The molecule has 6 nitrogen and oxygen atoms in total. The summed E-state index contributed by atoms with van der Waals surface area (Å²) in [4.78, 5) is 3.53. The third kappa shape index (κ3) is 6.85. The van der Waals surface area contributed by atoms with Crippen LogP contribution in [0.4, 0.5) is 0 Å². The van der Waals surface area contributed by atoms with Crippen LogP contribution >= 0.6 is 11.3 Å². The van der Waals surface area contributed by atoms with E-state index in [2.05, 4.69) is 29.2 Å². The molecule has 1 aliphatic heterocycles. The van der Waals surface area contributed by atoms with Crippen molar-refractivity contribution in [3.8, 4) is 39.2 Å². The average Bonchev–Trinajstić information content (AvgIpc) is 3.34. The Bertz CT molecular complexity index is 1330. The van der Waals surface area contributed by atoms with Gasteiger partial charge in [0, 0.05) is 23.2 Å². The van der Waals surface area contributed by atoms with Crippen LogP contribution in [0.3, 0.4) is 0 Å².